The van der Waals surface area contributed by atoms with E-state index in [1.54, 1.807) is 0 Å². The molecule has 0 atom stereocenters. The number of amides is 1. The molecule has 0 spiro atoms. The molecule has 4 rings (SSSR count). The van der Waals surface area contributed by atoms with Crippen LogP contribution in [0.15, 0.2) is 42.7 Å². The van der Waals surface area contributed by atoms with Crippen LogP contribution >= 0.6 is 11.6 Å². The quantitative estimate of drug-likeness (QED) is 0.657. The van der Waals surface area contributed by atoms with Crippen LogP contribution in [-0.2, 0) is 17.4 Å². The van der Waals surface area contributed by atoms with Crippen LogP contribution in [0, 0.1) is 0 Å². The summed E-state index contributed by atoms with van der Waals surface area (Å²) in [4.78, 5) is 18.8. The maximum Gasteiger partial charge on any atom is 0.417 e. The molecule has 1 N–H and O–H groups in total. The van der Waals surface area contributed by atoms with E-state index in [2.05, 4.69) is 15.2 Å². The first-order chi connectivity index (χ1) is 13.8. The normalized spacial score (nSPS) is 14.6. The average Bonchev–Trinajstić information content (AvgIpc) is 3.31. The molecule has 0 radical (unpaired) electrons. The number of benzene rings is 1. The Bertz CT molecular complexity index is 1040. The van der Waals surface area contributed by atoms with Crippen molar-refractivity contribution in [2.75, 3.05) is 23.3 Å². The third-order valence-electron chi connectivity index (χ3n) is 4.85. The van der Waals surface area contributed by atoms with E-state index in [-0.39, 0.29) is 23.0 Å². The number of hydrogen-bond donors (Lipinski definition) is 1. The minimum Gasteiger partial charge on any atom is -0.372 e. The van der Waals surface area contributed by atoms with Gasteiger partial charge in [-0.2, -0.15) is 13.2 Å². The molecular formula is C20H18ClF3N4O. The van der Waals surface area contributed by atoms with E-state index in [0.29, 0.717) is 11.4 Å². The number of pyridine rings is 1. The van der Waals surface area contributed by atoms with Gasteiger partial charge in [0.2, 0.25) is 5.91 Å². The van der Waals surface area contributed by atoms with Crippen LogP contribution in [0.1, 0.15) is 24.1 Å². The minimum absolute atomic E-state index is 0.0762. The molecule has 1 amide bonds. The second kappa shape index (κ2) is 7.59. The predicted octanol–water partition coefficient (Wildman–Crippen LogP) is 4.79. The molecule has 0 unspecified atom stereocenters. The number of hydrogen-bond acceptors (Lipinski definition) is 3. The molecule has 9 heteroatoms. The standard InChI is InChI=1S/C20H18ClF3N4O/c21-17-9-13(20(22,23)24)11-28-12-15(26-19(17)28)10-18(29)25-14-3-5-16(6-4-14)27-7-1-2-8-27/h3-6,9,11-12H,1-2,7-8,10H2,(H,25,29). The van der Waals surface area contributed by atoms with Crippen LogP contribution in [0.2, 0.25) is 5.02 Å². The number of carbonyl (C=O) groups is 1. The summed E-state index contributed by atoms with van der Waals surface area (Å²) in [6.45, 7) is 2.08. The van der Waals surface area contributed by atoms with Crippen molar-refractivity contribution in [3.63, 3.8) is 0 Å². The van der Waals surface area contributed by atoms with Crippen molar-refractivity contribution >= 4 is 34.5 Å². The molecule has 1 saturated heterocycles. The lowest BCUT2D eigenvalue weighted by Crippen LogP contribution is -2.18. The fourth-order valence-corrected chi connectivity index (χ4v) is 3.71. The summed E-state index contributed by atoms with van der Waals surface area (Å²) in [5.41, 5.74) is 1.41. The average molecular weight is 423 g/mol. The van der Waals surface area contributed by atoms with E-state index in [1.807, 2.05) is 24.3 Å². The molecule has 29 heavy (non-hydrogen) atoms. The van der Waals surface area contributed by atoms with Crippen molar-refractivity contribution in [2.45, 2.75) is 25.4 Å². The first kappa shape index (κ1) is 19.6. The van der Waals surface area contributed by atoms with Crippen molar-refractivity contribution in [2.24, 2.45) is 0 Å². The summed E-state index contributed by atoms with van der Waals surface area (Å²) in [5, 5.41) is 2.66. The predicted molar refractivity (Wildman–Crippen MR) is 105 cm³/mol. The fourth-order valence-electron chi connectivity index (χ4n) is 3.45. The zero-order valence-electron chi connectivity index (χ0n) is 15.3. The first-order valence-corrected chi connectivity index (χ1v) is 9.56. The topological polar surface area (TPSA) is 49.6 Å². The minimum atomic E-state index is -4.51. The summed E-state index contributed by atoms with van der Waals surface area (Å²) in [7, 11) is 0. The fraction of sp³-hybridized carbons (Fsp3) is 0.300. The number of anilines is 2. The summed E-state index contributed by atoms with van der Waals surface area (Å²) in [6.07, 6.45) is 0.0747. The zero-order valence-corrected chi connectivity index (χ0v) is 16.1. The van der Waals surface area contributed by atoms with Gasteiger partial charge in [-0.1, -0.05) is 11.6 Å². The van der Waals surface area contributed by atoms with E-state index >= 15 is 0 Å². The summed E-state index contributed by atoms with van der Waals surface area (Å²) < 4.78 is 40.0. The van der Waals surface area contributed by atoms with Gasteiger partial charge in [0, 0.05) is 36.9 Å². The number of imidazole rings is 1. The molecule has 0 saturated carbocycles. The third-order valence-corrected chi connectivity index (χ3v) is 5.13. The highest BCUT2D eigenvalue weighted by Crippen LogP contribution is 2.32. The molecule has 0 aliphatic carbocycles. The second-order valence-corrected chi connectivity index (χ2v) is 7.41. The molecule has 1 aliphatic heterocycles. The van der Waals surface area contributed by atoms with Gasteiger partial charge in [0.25, 0.3) is 0 Å². The number of carbonyl (C=O) groups excluding carboxylic acids is 1. The number of nitrogens with one attached hydrogen (secondary N) is 1. The Morgan fingerprint density at radius 2 is 1.83 bits per heavy atom. The van der Waals surface area contributed by atoms with Crippen LogP contribution in [0.4, 0.5) is 24.5 Å². The van der Waals surface area contributed by atoms with Gasteiger partial charge >= 0.3 is 6.18 Å². The highest BCUT2D eigenvalue weighted by atomic mass is 35.5. The lowest BCUT2D eigenvalue weighted by atomic mass is 10.2. The second-order valence-electron chi connectivity index (χ2n) is 7.00. The van der Waals surface area contributed by atoms with Crippen molar-refractivity contribution in [3.8, 4) is 0 Å². The Hall–Kier alpha value is -2.74. The Morgan fingerprint density at radius 3 is 2.48 bits per heavy atom. The van der Waals surface area contributed by atoms with E-state index in [9.17, 15) is 18.0 Å². The molecule has 0 bridgehead atoms. The highest BCUT2D eigenvalue weighted by molar-refractivity contribution is 6.33. The maximum absolute atomic E-state index is 12.9. The molecule has 1 aliphatic rings. The van der Waals surface area contributed by atoms with Crippen molar-refractivity contribution in [1.82, 2.24) is 9.38 Å². The molecule has 1 fully saturated rings. The number of halogens is 4. The van der Waals surface area contributed by atoms with Gasteiger partial charge in [-0.05, 0) is 43.2 Å². The van der Waals surface area contributed by atoms with Gasteiger partial charge < -0.3 is 14.6 Å². The lowest BCUT2D eigenvalue weighted by Gasteiger charge is -2.17. The first-order valence-electron chi connectivity index (χ1n) is 9.19. The zero-order chi connectivity index (χ0) is 20.6. The van der Waals surface area contributed by atoms with E-state index in [1.165, 1.54) is 23.4 Å². The molecule has 2 aromatic heterocycles. The van der Waals surface area contributed by atoms with Gasteiger partial charge in [0.05, 0.1) is 22.7 Å². The Balaban J connectivity index is 1.45. The van der Waals surface area contributed by atoms with E-state index in [4.69, 9.17) is 11.6 Å². The van der Waals surface area contributed by atoms with Crippen LogP contribution < -0.4 is 10.2 Å². The van der Waals surface area contributed by atoms with Crippen molar-refractivity contribution in [3.05, 3.63) is 59.0 Å². The van der Waals surface area contributed by atoms with Crippen LogP contribution in [-0.4, -0.2) is 28.4 Å². The maximum atomic E-state index is 12.9. The molecular weight excluding hydrogens is 405 g/mol. The Morgan fingerprint density at radius 1 is 1.14 bits per heavy atom. The Kier molecular flexibility index (Phi) is 5.12. The number of fused-ring (bicyclic) bond motifs is 1. The Labute approximate surface area is 170 Å². The van der Waals surface area contributed by atoms with E-state index < -0.39 is 11.7 Å². The molecule has 1 aromatic carbocycles. The van der Waals surface area contributed by atoms with Gasteiger partial charge in [-0.25, -0.2) is 4.98 Å². The monoisotopic (exact) mass is 422 g/mol. The van der Waals surface area contributed by atoms with Crippen molar-refractivity contribution in [1.29, 1.82) is 0 Å². The number of aromatic nitrogens is 2. The third kappa shape index (κ3) is 4.32. The van der Waals surface area contributed by atoms with Crippen molar-refractivity contribution < 1.29 is 18.0 Å². The van der Waals surface area contributed by atoms with Gasteiger partial charge in [-0.3, -0.25) is 4.79 Å². The SMILES string of the molecule is O=C(Cc1cn2cc(C(F)(F)F)cc(Cl)c2n1)Nc1ccc(N2CCCC2)cc1. The molecule has 3 aromatic rings. The van der Waals surface area contributed by atoms with Crippen LogP contribution in [0.3, 0.4) is 0 Å². The summed E-state index contributed by atoms with van der Waals surface area (Å²) in [5.74, 6) is -0.311. The lowest BCUT2D eigenvalue weighted by molar-refractivity contribution is -0.137. The summed E-state index contributed by atoms with van der Waals surface area (Å²) in [6, 6.07) is 8.42. The van der Waals surface area contributed by atoms with Gasteiger partial charge in [0.1, 0.15) is 0 Å². The largest absolute Gasteiger partial charge is 0.417 e. The number of rotatable bonds is 4. The van der Waals surface area contributed by atoms with Gasteiger partial charge in [-0.15, -0.1) is 0 Å². The van der Waals surface area contributed by atoms with E-state index in [0.717, 1.165) is 31.0 Å². The van der Waals surface area contributed by atoms with Crippen LogP contribution in [0.5, 0.6) is 0 Å². The molecule has 3 heterocycles. The molecule has 152 valence electrons. The number of nitrogens with zero attached hydrogens (tertiary/aromatic N) is 3. The summed E-state index contributed by atoms with van der Waals surface area (Å²) >= 11 is 5.93. The smallest absolute Gasteiger partial charge is 0.372 e. The number of alkyl halides is 3. The van der Waals surface area contributed by atoms with Crippen LogP contribution in [0.25, 0.3) is 5.65 Å². The van der Waals surface area contributed by atoms with Gasteiger partial charge in [0.15, 0.2) is 5.65 Å². The molecule has 5 nitrogen and oxygen atoms in total. The highest BCUT2D eigenvalue weighted by Gasteiger charge is 2.32.